The lowest BCUT2D eigenvalue weighted by molar-refractivity contribution is -0.120. The smallest absolute Gasteiger partial charge is 0.252 e. The van der Waals surface area contributed by atoms with Crippen molar-refractivity contribution in [2.24, 2.45) is 5.73 Å². The Bertz CT molecular complexity index is 1460. The predicted octanol–water partition coefficient (Wildman–Crippen LogP) is 2.87. The number of amides is 2. The lowest BCUT2D eigenvalue weighted by Crippen LogP contribution is -2.52. The van der Waals surface area contributed by atoms with Gasteiger partial charge in [0.25, 0.3) is 5.91 Å². The number of hydrogen-bond donors (Lipinski definition) is 3. The summed E-state index contributed by atoms with van der Waals surface area (Å²) in [5.41, 5.74) is 6.74. The number of fused-ring (bicyclic) bond motifs is 1. The summed E-state index contributed by atoms with van der Waals surface area (Å²) in [6.07, 6.45) is 5.32. The van der Waals surface area contributed by atoms with E-state index in [9.17, 15) is 20.0 Å². The zero-order chi connectivity index (χ0) is 27.9. The number of carbonyl (C=O) groups excluding carboxylic acids is 2. The quantitative estimate of drug-likeness (QED) is 0.423. The van der Waals surface area contributed by atoms with Gasteiger partial charge in [0.2, 0.25) is 5.91 Å². The van der Waals surface area contributed by atoms with Gasteiger partial charge in [-0.2, -0.15) is 10.4 Å². The number of hydrogen-bond acceptors (Lipinski definition) is 7. The highest BCUT2D eigenvalue weighted by atomic mass is 19.1. The van der Waals surface area contributed by atoms with Crippen molar-refractivity contribution in [1.29, 1.82) is 5.26 Å². The van der Waals surface area contributed by atoms with E-state index >= 15 is 4.39 Å². The lowest BCUT2D eigenvalue weighted by Gasteiger charge is -2.44. The monoisotopic (exact) mass is 533 g/mol. The van der Waals surface area contributed by atoms with Gasteiger partial charge in [0.05, 0.1) is 52.1 Å². The van der Waals surface area contributed by atoms with E-state index in [1.807, 2.05) is 17.0 Å². The van der Waals surface area contributed by atoms with Crippen LogP contribution in [-0.4, -0.2) is 61.4 Å². The molecule has 0 unspecified atom stereocenters. The Morgan fingerprint density at radius 2 is 2.08 bits per heavy atom. The van der Waals surface area contributed by atoms with E-state index in [2.05, 4.69) is 21.5 Å². The molecule has 1 aliphatic heterocycles. The molecule has 3 aromatic rings. The standard InChI is InChI=1S/C28H32FN7O3/c1-27(2,39)24(29)16-35(18-5-8-28(9-6-18)10-7-25(37)34-28)23-12-21(32-15-20(23)26(31)38)22-4-3-19-11-17(13-30)14-33-36(19)22/h3-4,11-12,14-15,18,24,39H,5-10,16H2,1-2H3,(H2,31,38)(H,34,37)/t18?,24-,28?/m1/s1. The molecule has 1 saturated heterocycles. The topological polar surface area (TPSA) is 150 Å². The van der Waals surface area contributed by atoms with E-state index < -0.39 is 17.7 Å². The fourth-order valence-corrected chi connectivity index (χ4v) is 5.72. The molecule has 10 nitrogen and oxygen atoms in total. The first-order chi connectivity index (χ1) is 18.5. The van der Waals surface area contributed by atoms with Crippen LogP contribution in [0.3, 0.4) is 0 Å². The normalized spacial score (nSPS) is 22.0. The van der Waals surface area contributed by atoms with Gasteiger partial charge >= 0.3 is 0 Å². The minimum atomic E-state index is -1.61. The Balaban J connectivity index is 1.55. The number of rotatable bonds is 7. The molecular weight excluding hydrogens is 501 g/mol. The van der Waals surface area contributed by atoms with E-state index in [1.54, 1.807) is 16.6 Å². The number of halogens is 1. The Morgan fingerprint density at radius 1 is 1.33 bits per heavy atom. The van der Waals surface area contributed by atoms with E-state index in [0.29, 0.717) is 47.4 Å². The molecule has 1 saturated carbocycles. The number of alkyl halides is 1. The highest BCUT2D eigenvalue weighted by Crippen LogP contribution is 2.40. The predicted molar refractivity (Wildman–Crippen MR) is 143 cm³/mol. The van der Waals surface area contributed by atoms with Gasteiger partial charge in [-0.1, -0.05) is 0 Å². The van der Waals surface area contributed by atoms with Crippen molar-refractivity contribution in [3.63, 3.8) is 0 Å². The van der Waals surface area contributed by atoms with Crippen LogP contribution in [0.4, 0.5) is 10.1 Å². The summed E-state index contributed by atoms with van der Waals surface area (Å²) >= 11 is 0. The van der Waals surface area contributed by atoms with Gasteiger partial charge in [0.15, 0.2) is 0 Å². The van der Waals surface area contributed by atoms with E-state index in [-0.39, 0.29) is 29.6 Å². The van der Waals surface area contributed by atoms with Crippen molar-refractivity contribution in [3.05, 3.63) is 47.8 Å². The van der Waals surface area contributed by atoms with E-state index in [0.717, 1.165) is 19.3 Å². The second-order valence-corrected chi connectivity index (χ2v) is 11.2. The Labute approximate surface area is 225 Å². The number of primary amides is 1. The number of aromatic nitrogens is 3. The molecule has 1 aliphatic carbocycles. The molecule has 39 heavy (non-hydrogen) atoms. The molecule has 4 heterocycles. The maximum atomic E-state index is 15.4. The molecule has 204 valence electrons. The maximum absolute atomic E-state index is 15.4. The van der Waals surface area contributed by atoms with E-state index in [1.165, 1.54) is 26.2 Å². The third-order valence-electron chi connectivity index (χ3n) is 8.06. The van der Waals surface area contributed by atoms with Crippen LogP contribution in [0.2, 0.25) is 0 Å². The van der Waals surface area contributed by atoms with E-state index in [4.69, 9.17) is 5.73 Å². The largest absolute Gasteiger partial charge is 0.387 e. The SMILES string of the molecule is CC(C)(O)[C@H](F)CN(c1cc(-c2ccc3cc(C#N)cnn23)ncc1C(N)=O)C1CCC2(CCC(=O)N2)CC1. The molecule has 0 aromatic carbocycles. The molecule has 1 atom stereocenters. The summed E-state index contributed by atoms with van der Waals surface area (Å²) < 4.78 is 17.1. The molecule has 2 amide bonds. The van der Waals surface area contributed by atoms with Crippen molar-refractivity contribution in [2.75, 3.05) is 11.4 Å². The van der Waals surface area contributed by atoms with Crippen molar-refractivity contribution >= 4 is 23.0 Å². The highest BCUT2D eigenvalue weighted by Gasteiger charge is 2.43. The summed E-state index contributed by atoms with van der Waals surface area (Å²) in [5.74, 6) is -0.638. The minimum Gasteiger partial charge on any atom is -0.387 e. The van der Waals surface area contributed by atoms with Gasteiger partial charge in [0, 0.05) is 24.2 Å². The maximum Gasteiger partial charge on any atom is 0.252 e. The Hall–Kier alpha value is -4.04. The van der Waals surface area contributed by atoms with Crippen LogP contribution in [0.15, 0.2) is 36.7 Å². The number of anilines is 1. The van der Waals surface area contributed by atoms with Gasteiger partial charge < -0.3 is 21.1 Å². The Kier molecular flexibility index (Phi) is 6.76. The van der Waals surface area contributed by atoms with Crippen molar-refractivity contribution < 1.29 is 19.1 Å². The molecule has 0 radical (unpaired) electrons. The van der Waals surface area contributed by atoms with Crippen molar-refractivity contribution in [2.45, 2.75) is 75.7 Å². The molecule has 1 spiro atoms. The van der Waals surface area contributed by atoms with Gasteiger partial charge in [0.1, 0.15) is 12.2 Å². The number of pyridine rings is 1. The number of aliphatic hydroxyl groups is 1. The number of nitriles is 1. The molecule has 0 bridgehead atoms. The summed E-state index contributed by atoms with van der Waals surface area (Å²) in [7, 11) is 0. The van der Waals surface area contributed by atoms with Gasteiger partial charge in [-0.05, 0) is 70.2 Å². The first-order valence-electron chi connectivity index (χ1n) is 13.1. The van der Waals surface area contributed by atoms with Crippen molar-refractivity contribution in [3.8, 4) is 17.5 Å². The molecule has 11 heteroatoms. The second-order valence-electron chi connectivity index (χ2n) is 11.2. The second kappa shape index (κ2) is 9.93. The summed E-state index contributed by atoms with van der Waals surface area (Å²) in [4.78, 5) is 30.8. The third-order valence-corrected chi connectivity index (χ3v) is 8.06. The molecular formula is C28H32FN7O3. The number of nitrogens with one attached hydrogen (secondary N) is 1. The first kappa shape index (κ1) is 26.6. The van der Waals surface area contributed by atoms with Crippen LogP contribution >= 0.6 is 0 Å². The average Bonchev–Trinajstić information content (AvgIpc) is 3.49. The van der Waals surface area contributed by atoms with Gasteiger partial charge in [-0.25, -0.2) is 8.91 Å². The number of nitrogens with zero attached hydrogens (tertiary/aromatic N) is 5. The minimum absolute atomic E-state index is 0.0564. The van der Waals surface area contributed by atoms with Gasteiger partial charge in [-0.15, -0.1) is 0 Å². The fourth-order valence-electron chi connectivity index (χ4n) is 5.72. The summed E-state index contributed by atoms with van der Waals surface area (Å²) in [5, 5.41) is 27.1. The fraction of sp³-hybridized carbons (Fsp3) is 0.464. The van der Waals surface area contributed by atoms with Crippen LogP contribution in [0.1, 0.15) is 68.3 Å². The summed E-state index contributed by atoms with van der Waals surface area (Å²) in [6.45, 7) is 2.68. The van der Waals surface area contributed by atoms with Crippen molar-refractivity contribution in [1.82, 2.24) is 19.9 Å². The molecule has 4 N–H and O–H groups in total. The number of nitrogens with two attached hydrogens (primary N) is 1. The molecule has 2 fully saturated rings. The van der Waals surface area contributed by atoms with Crippen LogP contribution < -0.4 is 16.0 Å². The molecule has 3 aromatic heterocycles. The van der Waals surface area contributed by atoms with Crippen LogP contribution in [0, 0.1) is 11.3 Å². The summed E-state index contributed by atoms with van der Waals surface area (Å²) in [6, 6.07) is 8.96. The highest BCUT2D eigenvalue weighted by molar-refractivity contribution is 5.99. The number of carbonyl (C=O) groups is 2. The first-order valence-corrected chi connectivity index (χ1v) is 13.1. The molecule has 5 rings (SSSR count). The average molecular weight is 534 g/mol. The van der Waals surface area contributed by atoms with Crippen LogP contribution in [0.5, 0.6) is 0 Å². The van der Waals surface area contributed by atoms with Crippen LogP contribution in [-0.2, 0) is 4.79 Å². The lowest BCUT2D eigenvalue weighted by atomic mass is 9.77. The van der Waals surface area contributed by atoms with Gasteiger partial charge in [-0.3, -0.25) is 14.6 Å². The Morgan fingerprint density at radius 3 is 2.69 bits per heavy atom. The zero-order valence-electron chi connectivity index (χ0n) is 22.0. The van der Waals surface area contributed by atoms with Crippen LogP contribution in [0.25, 0.3) is 16.9 Å². The third kappa shape index (κ3) is 5.16. The zero-order valence-corrected chi connectivity index (χ0v) is 22.0. The molecule has 2 aliphatic rings.